The smallest absolute Gasteiger partial charge is 0.408 e. The molecular formula is C19H27N3O4. The molecule has 0 heterocycles. The zero-order valence-corrected chi connectivity index (χ0v) is 16.2. The SMILES string of the molecule is C[C@@H](Oc1ccccc1C#N)C(=O)NCC(C)(C)NC(=O)OC(C)(C)C. The molecule has 142 valence electrons. The van der Waals surface area contributed by atoms with Crippen LogP contribution >= 0.6 is 0 Å². The highest BCUT2D eigenvalue weighted by atomic mass is 16.6. The van der Waals surface area contributed by atoms with Gasteiger partial charge in [0.05, 0.1) is 11.1 Å². The van der Waals surface area contributed by atoms with Crippen molar-refractivity contribution in [2.24, 2.45) is 0 Å². The van der Waals surface area contributed by atoms with Crippen molar-refractivity contribution in [3.63, 3.8) is 0 Å². The second-order valence-electron chi connectivity index (χ2n) is 7.60. The van der Waals surface area contributed by atoms with Crippen LogP contribution in [0.3, 0.4) is 0 Å². The second-order valence-corrected chi connectivity index (χ2v) is 7.60. The Morgan fingerprint density at radius 2 is 1.81 bits per heavy atom. The number of carbonyl (C=O) groups is 2. The van der Waals surface area contributed by atoms with Crippen molar-refractivity contribution >= 4 is 12.0 Å². The lowest BCUT2D eigenvalue weighted by Crippen LogP contribution is -2.53. The van der Waals surface area contributed by atoms with Crippen molar-refractivity contribution in [2.75, 3.05) is 6.54 Å². The van der Waals surface area contributed by atoms with Gasteiger partial charge in [0.25, 0.3) is 5.91 Å². The third-order valence-corrected chi connectivity index (χ3v) is 3.22. The predicted octanol–water partition coefficient (Wildman–Crippen LogP) is 2.75. The number of alkyl carbamates (subject to hydrolysis) is 1. The molecule has 7 nitrogen and oxygen atoms in total. The third-order valence-electron chi connectivity index (χ3n) is 3.22. The van der Waals surface area contributed by atoms with Crippen LogP contribution in [-0.4, -0.2) is 35.8 Å². The van der Waals surface area contributed by atoms with E-state index in [1.165, 1.54) is 0 Å². The molecule has 0 spiro atoms. The van der Waals surface area contributed by atoms with Crippen LogP contribution in [-0.2, 0) is 9.53 Å². The Morgan fingerprint density at radius 1 is 1.19 bits per heavy atom. The van der Waals surface area contributed by atoms with Gasteiger partial charge in [-0.15, -0.1) is 0 Å². The summed E-state index contributed by atoms with van der Waals surface area (Å²) in [6, 6.07) is 8.73. The Hall–Kier alpha value is -2.75. The largest absolute Gasteiger partial charge is 0.480 e. The van der Waals surface area contributed by atoms with Crippen LogP contribution < -0.4 is 15.4 Å². The van der Waals surface area contributed by atoms with Crippen molar-refractivity contribution in [1.29, 1.82) is 5.26 Å². The minimum Gasteiger partial charge on any atom is -0.480 e. The van der Waals surface area contributed by atoms with Crippen molar-refractivity contribution in [3.05, 3.63) is 29.8 Å². The van der Waals surface area contributed by atoms with Gasteiger partial charge in [0.15, 0.2) is 6.10 Å². The molecule has 0 radical (unpaired) electrons. The molecule has 0 aliphatic rings. The van der Waals surface area contributed by atoms with Crippen LogP contribution in [0.15, 0.2) is 24.3 Å². The van der Waals surface area contributed by atoms with Crippen LogP contribution in [0, 0.1) is 11.3 Å². The van der Waals surface area contributed by atoms with Crippen LogP contribution in [0.4, 0.5) is 4.79 Å². The Morgan fingerprint density at radius 3 is 2.38 bits per heavy atom. The topological polar surface area (TPSA) is 100 Å². The molecule has 0 aromatic heterocycles. The summed E-state index contributed by atoms with van der Waals surface area (Å²) in [6.07, 6.45) is -1.34. The first-order valence-electron chi connectivity index (χ1n) is 8.38. The summed E-state index contributed by atoms with van der Waals surface area (Å²) in [7, 11) is 0. The van der Waals surface area contributed by atoms with Crippen molar-refractivity contribution in [3.8, 4) is 11.8 Å². The van der Waals surface area contributed by atoms with E-state index in [0.29, 0.717) is 11.3 Å². The molecule has 26 heavy (non-hydrogen) atoms. The molecule has 1 rings (SSSR count). The average molecular weight is 361 g/mol. The van der Waals surface area contributed by atoms with E-state index in [1.807, 2.05) is 6.07 Å². The molecule has 0 bridgehead atoms. The highest BCUT2D eigenvalue weighted by molar-refractivity contribution is 5.81. The first kappa shape index (κ1) is 21.3. The standard InChI is InChI=1S/C19H27N3O4/c1-13(25-15-10-8-7-9-14(15)11-20)16(23)21-12-19(5,6)22-17(24)26-18(2,3)4/h7-10,13H,12H2,1-6H3,(H,21,23)(H,22,24)/t13-/m1/s1. The molecule has 0 aliphatic heterocycles. The van der Waals surface area contributed by atoms with Crippen LogP contribution in [0.2, 0.25) is 0 Å². The zero-order chi connectivity index (χ0) is 20.0. The molecule has 0 fully saturated rings. The average Bonchev–Trinajstić information content (AvgIpc) is 2.50. The number of hydrogen-bond donors (Lipinski definition) is 2. The van der Waals surface area contributed by atoms with Crippen LogP contribution in [0.1, 0.15) is 47.1 Å². The van der Waals surface area contributed by atoms with Gasteiger partial charge in [-0.05, 0) is 53.7 Å². The summed E-state index contributed by atoms with van der Waals surface area (Å²) in [6.45, 7) is 10.7. The van der Waals surface area contributed by atoms with E-state index in [4.69, 9.17) is 14.7 Å². The van der Waals surface area contributed by atoms with Gasteiger partial charge in [-0.2, -0.15) is 5.26 Å². The first-order chi connectivity index (χ1) is 11.9. The van der Waals surface area contributed by atoms with Gasteiger partial charge >= 0.3 is 6.09 Å². The summed E-state index contributed by atoms with van der Waals surface area (Å²) >= 11 is 0. The van der Waals surface area contributed by atoms with Gasteiger partial charge in [0.1, 0.15) is 17.4 Å². The highest BCUT2D eigenvalue weighted by Crippen LogP contribution is 2.18. The summed E-state index contributed by atoms with van der Waals surface area (Å²) < 4.78 is 10.8. The summed E-state index contributed by atoms with van der Waals surface area (Å²) in [5.41, 5.74) is -0.943. The zero-order valence-electron chi connectivity index (χ0n) is 16.2. The number of nitriles is 1. The minimum atomic E-state index is -0.790. The molecule has 2 N–H and O–H groups in total. The third kappa shape index (κ3) is 7.43. The second kappa shape index (κ2) is 8.56. The van der Waals surface area contributed by atoms with E-state index in [1.54, 1.807) is 65.8 Å². The molecule has 0 unspecified atom stereocenters. The fourth-order valence-electron chi connectivity index (χ4n) is 1.98. The number of hydrogen-bond acceptors (Lipinski definition) is 5. The van der Waals surface area contributed by atoms with E-state index in [-0.39, 0.29) is 12.5 Å². The molecule has 0 aliphatic carbocycles. The maximum atomic E-state index is 12.2. The Bertz CT molecular complexity index is 687. The van der Waals surface area contributed by atoms with Gasteiger partial charge in [0.2, 0.25) is 0 Å². The number of carbonyl (C=O) groups excluding carboxylic acids is 2. The van der Waals surface area contributed by atoms with Gasteiger partial charge in [-0.25, -0.2) is 4.79 Å². The van der Waals surface area contributed by atoms with Gasteiger partial charge in [0, 0.05) is 6.54 Å². The van der Waals surface area contributed by atoms with Gasteiger partial charge < -0.3 is 20.1 Å². The quantitative estimate of drug-likeness (QED) is 0.811. The highest BCUT2D eigenvalue weighted by Gasteiger charge is 2.26. The van der Waals surface area contributed by atoms with Gasteiger partial charge in [-0.1, -0.05) is 12.1 Å². The molecule has 1 aromatic carbocycles. The van der Waals surface area contributed by atoms with E-state index in [9.17, 15) is 9.59 Å². The lowest BCUT2D eigenvalue weighted by atomic mass is 10.1. The van der Waals surface area contributed by atoms with E-state index in [2.05, 4.69) is 10.6 Å². The number of amides is 2. The van der Waals surface area contributed by atoms with Gasteiger partial charge in [-0.3, -0.25) is 4.79 Å². The molecule has 1 atom stereocenters. The van der Waals surface area contributed by atoms with Crippen molar-refractivity contribution < 1.29 is 19.1 Å². The molecule has 0 saturated carbocycles. The summed E-state index contributed by atoms with van der Waals surface area (Å²) in [4.78, 5) is 24.1. The molecular weight excluding hydrogens is 334 g/mol. The number of rotatable bonds is 6. The fraction of sp³-hybridized carbons (Fsp3) is 0.526. The number of benzene rings is 1. The predicted molar refractivity (Wildman–Crippen MR) is 97.7 cm³/mol. The molecule has 1 aromatic rings. The summed E-state index contributed by atoms with van der Waals surface area (Å²) in [5.74, 6) is 0.000553. The number of nitrogens with one attached hydrogen (secondary N) is 2. The normalized spacial score (nSPS) is 12.5. The lowest BCUT2D eigenvalue weighted by molar-refractivity contribution is -0.127. The van der Waals surface area contributed by atoms with E-state index >= 15 is 0 Å². The number of nitrogens with zero attached hydrogens (tertiary/aromatic N) is 1. The molecule has 7 heteroatoms. The van der Waals surface area contributed by atoms with E-state index in [0.717, 1.165) is 0 Å². The first-order valence-corrected chi connectivity index (χ1v) is 8.38. The van der Waals surface area contributed by atoms with Crippen molar-refractivity contribution in [1.82, 2.24) is 10.6 Å². The fourth-order valence-corrected chi connectivity index (χ4v) is 1.98. The van der Waals surface area contributed by atoms with Crippen LogP contribution in [0.25, 0.3) is 0 Å². The Balaban J connectivity index is 2.56. The van der Waals surface area contributed by atoms with Crippen molar-refractivity contribution in [2.45, 2.75) is 58.8 Å². The Labute approximate surface area is 154 Å². The van der Waals surface area contributed by atoms with Crippen LogP contribution in [0.5, 0.6) is 5.75 Å². The van der Waals surface area contributed by atoms with E-state index < -0.39 is 23.3 Å². The maximum Gasteiger partial charge on any atom is 0.408 e. The summed E-state index contributed by atoms with van der Waals surface area (Å²) in [5, 5.41) is 14.5. The minimum absolute atomic E-state index is 0.193. The number of para-hydroxylation sites is 1. The number of ether oxygens (including phenoxy) is 2. The Kier molecular flexibility index (Phi) is 7.01. The molecule has 2 amide bonds. The monoisotopic (exact) mass is 361 g/mol. The molecule has 0 saturated heterocycles. The maximum absolute atomic E-state index is 12.2. The lowest BCUT2D eigenvalue weighted by Gasteiger charge is -2.29.